The number of carbonyl (C=O) groups excluding carboxylic acids is 1. The minimum absolute atomic E-state index is 0.00463. The van der Waals surface area contributed by atoms with Crippen molar-refractivity contribution < 1.29 is 13.2 Å². The molecule has 0 rings (SSSR count). The second-order valence-electron chi connectivity index (χ2n) is 0.944. The van der Waals surface area contributed by atoms with Gasteiger partial charge in [-0.25, -0.2) is 8.42 Å². The van der Waals surface area contributed by atoms with Gasteiger partial charge in [0, 0.05) is 0 Å². The minimum atomic E-state index is -3.42. The molecule has 0 unspecified atom stereocenters. The summed E-state index contributed by atoms with van der Waals surface area (Å²) in [6, 6.07) is 0. The van der Waals surface area contributed by atoms with Gasteiger partial charge in [-0.1, -0.05) is 0 Å². The van der Waals surface area contributed by atoms with E-state index in [-0.39, 0.29) is 6.41 Å². The molecule has 0 aliphatic carbocycles. The molecule has 0 aliphatic rings. The van der Waals surface area contributed by atoms with Crippen molar-refractivity contribution in [1.82, 2.24) is 4.72 Å². The van der Waals surface area contributed by atoms with Crippen LogP contribution >= 0.6 is 0 Å². The van der Waals surface area contributed by atoms with Crippen LogP contribution in [0.4, 0.5) is 0 Å². The highest BCUT2D eigenvalue weighted by Crippen LogP contribution is 1.67. The zero-order valence-electron chi connectivity index (χ0n) is 3.66. The number of carbonyl (C=O) groups is 1. The van der Waals surface area contributed by atoms with Gasteiger partial charge < -0.3 is 0 Å². The van der Waals surface area contributed by atoms with Gasteiger partial charge in [0.1, 0.15) is 0 Å². The summed E-state index contributed by atoms with van der Waals surface area (Å²) in [5.74, 6) is 0. The Balaban J connectivity index is 3.84. The van der Waals surface area contributed by atoms with Crippen molar-refractivity contribution >= 4 is 16.4 Å². The lowest BCUT2D eigenvalue weighted by molar-refractivity contribution is -0.108. The van der Waals surface area contributed by atoms with Crippen molar-refractivity contribution in [1.29, 1.82) is 0 Å². The van der Waals surface area contributed by atoms with E-state index in [1.54, 1.807) is 0 Å². The van der Waals surface area contributed by atoms with Gasteiger partial charge in [-0.05, 0) is 0 Å². The maximum atomic E-state index is 9.83. The fourth-order valence-corrected chi connectivity index (χ4v) is 0.235. The highest BCUT2D eigenvalue weighted by Gasteiger charge is 1.96. The van der Waals surface area contributed by atoms with Gasteiger partial charge in [0.2, 0.25) is 6.41 Å². The molecule has 0 fully saturated rings. The standard InChI is InChI=1S/C2H4NO3S/c1-7(5,6)3-2-4/h2H,1H3. The predicted molar refractivity (Wildman–Crippen MR) is 23.0 cm³/mol. The molecule has 0 aliphatic heterocycles. The lowest BCUT2D eigenvalue weighted by Gasteiger charge is -1.81. The fraction of sp³-hybridized carbons (Fsp3) is 0.500. The second-order valence-corrected chi connectivity index (χ2v) is 2.62. The third-order valence-corrected chi connectivity index (χ3v) is 0.704. The lowest BCUT2D eigenvalue weighted by atomic mass is 11.5. The van der Waals surface area contributed by atoms with Crippen LogP contribution in [0.15, 0.2) is 0 Å². The molecule has 0 saturated heterocycles. The molecule has 0 atom stereocenters. The molecule has 0 aromatic heterocycles. The average molecular weight is 122 g/mol. The van der Waals surface area contributed by atoms with Gasteiger partial charge in [0.05, 0.1) is 6.26 Å². The highest BCUT2D eigenvalue weighted by molar-refractivity contribution is 7.89. The second kappa shape index (κ2) is 1.92. The molecule has 0 N–H and O–H groups in total. The van der Waals surface area contributed by atoms with E-state index in [2.05, 4.69) is 4.72 Å². The van der Waals surface area contributed by atoms with Gasteiger partial charge in [-0.15, -0.1) is 4.72 Å². The van der Waals surface area contributed by atoms with Gasteiger partial charge in [0.15, 0.2) is 0 Å². The molecule has 4 nitrogen and oxygen atoms in total. The third-order valence-electron chi connectivity index (χ3n) is 0.235. The first-order valence-electron chi connectivity index (χ1n) is 1.42. The summed E-state index contributed by atoms with van der Waals surface area (Å²) in [6.45, 7) is 0. The van der Waals surface area contributed by atoms with Crippen molar-refractivity contribution in [2.75, 3.05) is 6.26 Å². The molecule has 1 amide bonds. The van der Waals surface area contributed by atoms with Crippen molar-refractivity contribution in [3.8, 4) is 0 Å². The Morgan fingerprint density at radius 3 is 2.00 bits per heavy atom. The molecule has 5 heteroatoms. The molecule has 0 aromatic carbocycles. The van der Waals surface area contributed by atoms with Gasteiger partial charge in [-0.3, -0.25) is 4.79 Å². The van der Waals surface area contributed by atoms with Crippen LogP contribution in [-0.2, 0) is 14.8 Å². The van der Waals surface area contributed by atoms with Gasteiger partial charge in [0.25, 0.3) is 10.0 Å². The quantitative estimate of drug-likeness (QED) is 0.428. The number of hydrogen-bond acceptors (Lipinski definition) is 3. The number of rotatable bonds is 2. The van der Waals surface area contributed by atoms with Crippen molar-refractivity contribution in [3.05, 3.63) is 0 Å². The average Bonchev–Trinajstić information content (AvgIpc) is 1.30. The van der Waals surface area contributed by atoms with Gasteiger partial charge >= 0.3 is 0 Å². The number of hydrogen-bond donors (Lipinski definition) is 0. The van der Waals surface area contributed by atoms with Crippen molar-refractivity contribution in [3.63, 3.8) is 0 Å². The van der Waals surface area contributed by atoms with E-state index < -0.39 is 10.0 Å². The molecule has 7 heavy (non-hydrogen) atoms. The van der Waals surface area contributed by atoms with Crippen LogP contribution in [0, 0.1) is 0 Å². The Kier molecular flexibility index (Phi) is 1.76. The summed E-state index contributed by atoms with van der Waals surface area (Å²) in [7, 11) is -3.42. The van der Waals surface area contributed by atoms with E-state index in [9.17, 15) is 13.2 Å². The molecule has 41 valence electrons. The van der Waals surface area contributed by atoms with Crippen LogP contribution in [0.2, 0.25) is 0 Å². The maximum Gasteiger partial charge on any atom is 0.253 e. The third kappa shape index (κ3) is 5.42. The lowest BCUT2D eigenvalue weighted by Crippen LogP contribution is -2.10. The highest BCUT2D eigenvalue weighted by atomic mass is 32.2. The first-order chi connectivity index (χ1) is 3.06. The smallest absolute Gasteiger partial charge is 0.253 e. The number of sulfonamides is 1. The predicted octanol–water partition coefficient (Wildman–Crippen LogP) is -1.29. The van der Waals surface area contributed by atoms with E-state index in [0.717, 1.165) is 6.26 Å². The molecule has 0 saturated carbocycles. The first kappa shape index (κ1) is 6.42. The van der Waals surface area contributed by atoms with Gasteiger partial charge in [-0.2, -0.15) is 0 Å². The summed E-state index contributed by atoms with van der Waals surface area (Å²) >= 11 is 0. The summed E-state index contributed by atoms with van der Waals surface area (Å²) in [6.07, 6.45) is 0.844. The molecule has 0 heterocycles. The molecule has 0 bridgehead atoms. The fourth-order valence-electron chi connectivity index (χ4n) is 0.0782. The van der Waals surface area contributed by atoms with Crippen LogP contribution in [0.1, 0.15) is 0 Å². The Labute approximate surface area is 41.6 Å². The van der Waals surface area contributed by atoms with E-state index in [1.807, 2.05) is 0 Å². The Hall–Kier alpha value is -0.580. The minimum Gasteiger partial charge on any atom is -0.276 e. The normalized spacial score (nSPS) is 10.4. The van der Waals surface area contributed by atoms with E-state index >= 15 is 0 Å². The zero-order valence-corrected chi connectivity index (χ0v) is 4.47. The van der Waals surface area contributed by atoms with Crippen LogP contribution in [0.5, 0.6) is 0 Å². The Morgan fingerprint density at radius 2 is 2.00 bits per heavy atom. The molecule has 1 radical (unpaired) electrons. The maximum absolute atomic E-state index is 9.83. The SMILES string of the molecule is CS(=O)(=O)[N]C=O. The summed E-state index contributed by atoms with van der Waals surface area (Å²) in [5.41, 5.74) is 0. The first-order valence-corrected chi connectivity index (χ1v) is 3.27. The van der Waals surface area contributed by atoms with Crippen LogP contribution < -0.4 is 4.72 Å². The topological polar surface area (TPSA) is 65.3 Å². The Bertz CT molecular complexity index is 146. The van der Waals surface area contributed by atoms with E-state index in [4.69, 9.17) is 0 Å². The summed E-state index contributed by atoms with van der Waals surface area (Å²) < 4.78 is 22.2. The Morgan fingerprint density at radius 1 is 1.57 bits per heavy atom. The summed E-state index contributed by atoms with van der Waals surface area (Å²) in [5, 5.41) is 0. The van der Waals surface area contributed by atoms with Crippen molar-refractivity contribution in [2.45, 2.75) is 0 Å². The van der Waals surface area contributed by atoms with Crippen LogP contribution in [-0.4, -0.2) is 21.1 Å². The number of nitrogens with zero attached hydrogens (tertiary/aromatic N) is 1. The summed E-state index contributed by atoms with van der Waals surface area (Å²) in [4.78, 5) is 9.27. The van der Waals surface area contributed by atoms with E-state index in [0.29, 0.717) is 0 Å². The van der Waals surface area contributed by atoms with E-state index in [1.165, 1.54) is 0 Å². The molecule has 0 aromatic rings. The van der Waals surface area contributed by atoms with Crippen LogP contribution in [0.3, 0.4) is 0 Å². The van der Waals surface area contributed by atoms with Crippen LogP contribution in [0.25, 0.3) is 0 Å². The monoisotopic (exact) mass is 122 g/mol. The molecular weight excluding hydrogens is 118 g/mol. The largest absolute Gasteiger partial charge is 0.276 e. The van der Waals surface area contributed by atoms with Crippen molar-refractivity contribution in [2.24, 2.45) is 0 Å². The molecule has 0 spiro atoms. The number of amides is 1. The molecular formula is C2H4NO3S. The zero-order chi connectivity index (χ0) is 5.91.